The van der Waals surface area contributed by atoms with Gasteiger partial charge in [0.1, 0.15) is 16.6 Å². The van der Waals surface area contributed by atoms with Gasteiger partial charge in [0.2, 0.25) is 0 Å². The highest BCUT2D eigenvalue weighted by Gasteiger charge is 2.36. The third kappa shape index (κ3) is 4.12. The van der Waals surface area contributed by atoms with Gasteiger partial charge in [-0.25, -0.2) is 0 Å². The molecule has 0 bridgehead atoms. The van der Waals surface area contributed by atoms with E-state index in [0.29, 0.717) is 17.3 Å². The van der Waals surface area contributed by atoms with Crippen LogP contribution in [0.1, 0.15) is 30.3 Å². The fraction of sp³-hybridized carbons (Fsp3) is 0.458. The van der Waals surface area contributed by atoms with Gasteiger partial charge < -0.3 is 29.8 Å². The number of fused-ring (bicyclic) bond motifs is 1. The molecule has 3 aliphatic heterocycles. The standard InChI is InChI=1S/C24H30N8O2S/c1-29-9-11-31(12-10-29)24-27-17-13-18(30-7-3-2-4-8-30)19(14-21(17)34-24)32-20(22(25)33)15-35-23(32)16-5-6-26-28-16/h5-6,13-15,23H,2-4,7-12H2,1H3,(H2,25,33)(H,26,28). The summed E-state index contributed by atoms with van der Waals surface area (Å²) in [6, 6.07) is 6.73. The lowest BCUT2D eigenvalue weighted by Gasteiger charge is -2.35. The van der Waals surface area contributed by atoms with Crippen molar-refractivity contribution in [2.45, 2.75) is 24.6 Å². The van der Waals surface area contributed by atoms with Gasteiger partial charge in [-0.15, -0.1) is 0 Å². The van der Waals surface area contributed by atoms with Gasteiger partial charge in [0, 0.05) is 56.9 Å². The SMILES string of the molecule is CN1CCN(c2nc3cc(N4CCCCC4)c(N4C(C(N)=O)=CSC4c4ccn[nH]4)cc3o2)CC1. The predicted molar refractivity (Wildman–Crippen MR) is 138 cm³/mol. The molecular weight excluding hydrogens is 464 g/mol. The van der Waals surface area contributed by atoms with E-state index in [1.165, 1.54) is 6.42 Å². The maximum atomic E-state index is 12.5. The maximum absolute atomic E-state index is 12.5. The van der Waals surface area contributed by atoms with Crippen LogP contribution in [0.5, 0.6) is 0 Å². The average molecular weight is 495 g/mol. The second kappa shape index (κ2) is 9.12. The molecule has 0 radical (unpaired) electrons. The molecule has 1 aromatic carbocycles. The van der Waals surface area contributed by atoms with E-state index >= 15 is 0 Å². The number of anilines is 3. The number of thioether (sulfide) groups is 1. The molecule has 5 heterocycles. The fourth-order valence-electron chi connectivity index (χ4n) is 5.08. The fourth-order valence-corrected chi connectivity index (χ4v) is 6.19. The summed E-state index contributed by atoms with van der Waals surface area (Å²) in [5.41, 5.74) is 10.7. The van der Waals surface area contributed by atoms with E-state index in [1.807, 2.05) is 22.4 Å². The minimum absolute atomic E-state index is 0.180. The van der Waals surface area contributed by atoms with Crippen LogP contribution in [0.3, 0.4) is 0 Å². The number of aromatic nitrogens is 3. The Labute approximate surface area is 208 Å². The Bertz CT molecular complexity index is 1240. The number of carbonyl (C=O) groups excluding carboxylic acids is 1. The molecular formula is C24H30N8O2S. The molecule has 11 heteroatoms. The van der Waals surface area contributed by atoms with Crippen molar-refractivity contribution < 1.29 is 9.21 Å². The topological polar surface area (TPSA) is 111 Å². The van der Waals surface area contributed by atoms with Crippen molar-refractivity contribution in [3.8, 4) is 0 Å². The van der Waals surface area contributed by atoms with Crippen LogP contribution in [0.2, 0.25) is 0 Å². The van der Waals surface area contributed by atoms with E-state index in [4.69, 9.17) is 15.1 Å². The number of nitrogens with zero attached hydrogens (tertiary/aromatic N) is 6. The lowest BCUT2D eigenvalue weighted by Crippen LogP contribution is -2.44. The molecule has 3 aromatic rings. The minimum atomic E-state index is -0.458. The Kier molecular flexibility index (Phi) is 5.81. The summed E-state index contributed by atoms with van der Waals surface area (Å²) in [6.07, 6.45) is 5.23. The van der Waals surface area contributed by atoms with Crippen molar-refractivity contribution in [1.29, 1.82) is 0 Å². The van der Waals surface area contributed by atoms with Crippen LogP contribution in [0.25, 0.3) is 11.1 Å². The van der Waals surface area contributed by atoms with Crippen LogP contribution in [-0.4, -0.2) is 72.3 Å². The highest BCUT2D eigenvalue weighted by Crippen LogP contribution is 2.49. The highest BCUT2D eigenvalue weighted by molar-refractivity contribution is 8.02. The number of carbonyl (C=O) groups is 1. The van der Waals surface area contributed by atoms with Gasteiger partial charge in [0.25, 0.3) is 11.9 Å². The van der Waals surface area contributed by atoms with Crippen LogP contribution < -0.4 is 20.4 Å². The van der Waals surface area contributed by atoms with E-state index in [1.54, 1.807) is 18.0 Å². The first-order chi connectivity index (χ1) is 17.1. The Hall–Kier alpha value is -3.18. The lowest BCUT2D eigenvalue weighted by molar-refractivity contribution is -0.114. The van der Waals surface area contributed by atoms with Crippen LogP contribution in [0.15, 0.2) is 39.9 Å². The third-order valence-electron chi connectivity index (χ3n) is 7.05. The molecule has 3 N–H and O–H groups in total. The van der Waals surface area contributed by atoms with Gasteiger partial charge in [-0.05, 0) is 38.4 Å². The first-order valence-electron chi connectivity index (χ1n) is 12.2. The largest absolute Gasteiger partial charge is 0.423 e. The molecule has 3 aliphatic rings. The number of H-pyrrole nitrogens is 1. The van der Waals surface area contributed by atoms with Crippen molar-refractivity contribution in [3.63, 3.8) is 0 Å². The molecule has 1 unspecified atom stereocenters. The van der Waals surface area contributed by atoms with Gasteiger partial charge >= 0.3 is 0 Å². The molecule has 35 heavy (non-hydrogen) atoms. The number of aromatic amines is 1. The number of benzene rings is 1. The number of primary amides is 1. The smallest absolute Gasteiger partial charge is 0.298 e. The summed E-state index contributed by atoms with van der Waals surface area (Å²) in [4.78, 5) is 26.3. The zero-order valence-electron chi connectivity index (χ0n) is 19.8. The van der Waals surface area contributed by atoms with Gasteiger partial charge in [-0.2, -0.15) is 10.1 Å². The zero-order valence-corrected chi connectivity index (χ0v) is 20.6. The van der Waals surface area contributed by atoms with Crippen molar-refractivity contribution in [3.05, 3.63) is 41.2 Å². The summed E-state index contributed by atoms with van der Waals surface area (Å²) in [6.45, 7) is 5.65. The van der Waals surface area contributed by atoms with Crippen molar-refractivity contribution in [2.24, 2.45) is 5.73 Å². The van der Waals surface area contributed by atoms with E-state index in [-0.39, 0.29) is 5.37 Å². The van der Waals surface area contributed by atoms with Crippen LogP contribution in [0, 0.1) is 0 Å². The average Bonchev–Trinajstić information content (AvgIpc) is 3.63. The molecule has 10 nitrogen and oxygen atoms in total. The van der Waals surface area contributed by atoms with Gasteiger partial charge in [-0.1, -0.05) is 11.8 Å². The summed E-state index contributed by atoms with van der Waals surface area (Å²) in [5.74, 6) is -0.458. The quantitative estimate of drug-likeness (QED) is 0.553. The van der Waals surface area contributed by atoms with Gasteiger partial charge in [0.05, 0.1) is 17.1 Å². The Morgan fingerprint density at radius 3 is 2.60 bits per heavy atom. The first-order valence-corrected chi connectivity index (χ1v) is 13.1. The normalized spacial score (nSPS) is 21.7. The number of amides is 1. The number of nitrogens with one attached hydrogen (secondary N) is 1. The Morgan fingerprint density at radius 1 is 1.09 bits per heavy atom. The monoisotopic (exact) mass is 494 g/mol. The number of hydrogen-bond acceptors (Lipinski definition) is 9. The number of likely N-dealkylation sites (N-methyl/N-ethyl adjacent to an activating group) is 1. The predicted octanol–water partition coefficient (Wildman–Crippen LogP) is 2.87. The molecule has 1 amide bonds. The van der Waals surface area contributed by atoms with Crippen molar-refractivity contribution in [2.75, 3.05) is 61.0 Å². The van der Waals surface area contributed by atoms with Crippen LogP contribution in [0.4, 0.5) is 17.4 Å². The third-order valence-corrected chi connectivity index (χ3v) is 8.13. The maximum Gasteiger partial charge on any atom is 0.298 e. The van der Waals surface area contributed by atoms with Gasteiger partial charge in [-0.3, -0.25) is 9.89 Å². The second-order valence-corrected chi connectivity index (χ2v) is 10.3. The highest BCUT2D eigenvalue weighted by atomic mass is 32.2. The van der Waals surface area contributed by atoms with Crippen LogP contribution >= 0.6 is 11.8 Å². The summed E-state index contributed by atoms with van der Waals surface area (Å²) in [7, 11) is 2.13. The van der Waals surface area contributed by atoms with Crippen molar-refractivity contribution >= 4 is 46.2 Å². The zero-order chi connectivity index (χ0) is 23.9. The molecule has 2 fully saturated rings. The molecule has 1 atom stereocenters. The molecule has 0 saturated carbocycles. The van der Waals surface area contributed by atoms with E-state index in [9.17, 15) is 4.79 Å². The molecule has 0 spiro atoms. The Balaban J connectivity index is 1.47. The summed E-state index contributed by atoms with van der Waals surface area (Å²) in [5, 5.41) is 8.86. The molecule has 2 aromatic heterocycles. The first kappa shape index (κ1) is 22.3. The Morgan fingerprint density at radius 2 is 1.89 bits per heavy atom. The number of rotatable bonds is 5. The molecule has 6 rings (SSSR count). The number of piperidine rings is 1. The second-order valence-electron chi connectivity index (χ2n) is 9.38. The lowest BCUT2D eigenvalue weighted by atomic mass is 10.1. The number of piperazine rings is 1. The minimum Gasteiger partial charge on any atom is -0.423 e. The van der Waals surface area contributed by atoms with E-state index < -0.39 is 5.91 Å². The van der Waals surface area contributed by atoms with E-state index in [2.05, 4.69) is 38.0 Å². The van der Waals surface area contributed by atoms with Gasteiger partial charge in [0.15, 0.2) is 5.58 Å². The molecule has 184 valence electrons. The molecule has 2 saturated heterocycles. The number of hydrogen-bond donors (Lipinski definition) is 2. The van der Waals surface area contributed by atoms with E-state index in [0.717, 1.165) is 74.7 Å². The molecule has 0 aliphatic carbocycles. The summed E-state index contributed by atoms with van der Waals surface area (Å²) >= 11 is 1.54. The van der Waals surface area contributed by atoms with Crippen molar-refractivity contribution in [1.82, 2.24) is 20.1 Å². The number of nitrogens with two attached hydrogens (primary N) is 1. The summed E-state index contributed by atoms with van der Waals surface area (Å²) < 4.78 is 6.30. The number of oxazole rings is 1. The van der Waals surface area contributed by atoms with Crippen LogP contribution in [-0.2, 0) is 4.79 Å².